The molecule has 7 aromatic rings. The van der Waals surface area contributed by atoms with Crippen molar-refractivity contribution < 1.29 is 62.1 Å². The van der Waals surface area contributed by atoms with Crippen molar-refractivity contribution in [2.24, 2.45) is 0 Å². The Bertz CT molecular complexity index is 3550. The summed E-state index contributed by atoms with van der Waals surface area (Å²) >= 11 is 6.59. The summed E-state index contributed by atoms with van der Waals surface area (Å²) in [6, 6.07) is 21.1. The average Bonchev–Trinajstić information content (AvgIpc) is 3.20. The second kappa shape index (κ2) is 16.5. The number of hydrazine groups is 2. The molecule has 0 bridgehead atoms. The number of phenolic OH excluding ortho intramolecular Hbond substituents is 2. The minimum absolute atomic E-state index is 0.0238. The first-order valence-corrected chi connectivity index (χ1v) is 24.1. The molecule has 21 nitrogen and oxygen atoms in total. The van der Waals surface area contributed by atoms with Gasteiger partial charge in [-0.05, 0) is 77.5 Å². The normalized spacial score (nSPS) is 12.3. The number of aromatic hydroxyl groups is 2. The zero-order valence-electron chi connectivity index (χ0n) is 32.4. The smallest absolute Gasteiger partial charge is 0.296 e. The number of phenols is 2. The quantitative estimate of drug-likeness (QED) is 0.0191. The van der Waals surface area contributed by atoms with Gasteiger partial charge in [0.05, 0.1) is 45.0 Å². The first-order valence-electron chi connectivity index (χ1n) is 17.9. The second-order valence-corrected chi connectivity index (χ2v) is 20.0. The first-order chi connectivity index (χ1) is 29.8. The van der Waals surface area contributed by atoms with E-state index in [0.717, 1.165) is 30.3 Å². The lowest BCUT2D eigenvalue weighted by Crippen LogP contribution is -2.24. The Morgan fingerprint density at radius 3 is 1.83 bits per heavy atom. The predicted molar refractivity (Wildman–Crippen MR) is 242 cm³/mol. The Morgan fingerprint density at radius 2 is 1.17 bits per heavy atom. The first kappa shape index (κ1) is 45.5. The fourth-order valence-corrected chi connectivity index (χ4v) is 9.46. The maximum absolute atomic E-state index is 12.5. The summed E-state index contributed by atoms with van der Waals surface area (Å²) in [6.07, 6.45) is 0. The van der Waals surface area contributed by atoms with Crippen molar-refractivity contribution in [3.63, 3.8) is 0 Å². The third-order valence-electron chi connectivity index (χ3n) is 9.84. The molecule has 0 unspecified atom stereocenters. The van der Waals surface area contributed by atoms with Crippen molar-refractivity contribution in [1.29, 1.82) is 0 Å². The highest BCUT2D eigenvalue weighted by atomic mass is 35.5. The Hall–Kier alpha value is -6.55. The van der Waals surface area contributed by atoms with Gasteiger partial charge in [-0.15, -0.1) is 0 Å². The molecule has 0 heterocycles. The molecule has 0 aliphatic carbocycles. The van der Waals surface area contributed by atoms with Gasteiger partial charge in [-0.25, -0.2) is 0 Å². The summed E-state index contributed by atoms with van der Waals surface area (Å²) in [5.74, 6) is -1.07. The van der Waals surface area contributed by atoms with Gasteiger partial charge in [0.1, 0.15) is 31.9 Å². The number of nitrogen functional groups attached to an aromatic ring is 1. The number of halogens is 1. The Labute approximate surface area is 369 Å². The van der Waals surface area contributed by atoms with Crippen LogP contribution in [0.4, 0.5) is 39.8 Å². The fraction of sp³-hybridized carbons (Fsp3) is 0.0526. The van der Waals surface area contributed by atoms with Crippen LogP contribution in [-0.4, -0.2) is 75.8 Å². The summed E-state index contributed by atoms with van der Waals surface area (Å²) < 4.78 is 136. The van der Waals surface area contributed by atoms with Crippen LogP contribution in [0.1, 0.15) is 0 Å². The fourth-order valence-electron chi connectivity index (χ4n) is 6.72. The third kappa shape index (κ3) is 9.23. The topological polar surface area (TPSA) is 347 Å². The van der Waals surface area contributed by atoms with E-state index >= 15 is 0 Å². The standard InChI is InChI=1S/C38H34ClN7O14S4/c1-46(21-5-7-23-19(11-21)3-2-4-34(23)62(52,53)54)18-41-32-16-27(39)31(17-33(32)47)44-42-29-9-10-30(26-14-22(61(49,50)51)6-8-24(26)29)43-45-37-36(64(58,59)60)13-20-12-35(63(55,56)57)28(40)15-25(20)38(37)48/h2-17,41-45,47-48H,18,40H2,1H3,(H,49,50,51)(H,52,53,54)(H,55,56,57)(H,58,59,60). The maximum Gasteiger partial charge on any atom is 0.296 e. The van der Waals surface area contributed by atoms with Crippen LogP contribution in [-0.2, 0) is 40.5 Å². The summed E-state index contributed by atoms with van der Waals surface area (Å²) in [5.41, 5.74) is 16.9. The van der Waals surface area contributed by atoms with Crippen LogP contribution in [0.3, 0.4) is 0 Å². The number of fused-ring (bicyclic) bond motifs is 3. The molecule has 0 saturated heterocycles. The molecule has 0 spiro atoms. The van der Waals surface area contributed by atoms with E-state index in [2.05, 4.69) is 27.0 Å². The third-order valence-corrected chi connectivity index (χ3v) is 13.7. The zero-order chi connectivity index (χ0) is 46.7. The highest BCUT2D eigenvalue weighted by Crippen LogP contribution is 2.42. The summed E-state index contributed by atoms with van der Waals surface area (Å²) in [5, 5.41) is 26.1. The molecular weight excluding hydrogens is 942 g/mol. The van der Waals surface area contributed by atoms with Gasteiger partial charge in [0.15, 0.2) is 0 Å². The Kier molecular flexibility index (Phi) is 11.7. The lowest BCUT2D eigenvalue weighted by Gasteiger charge is -2.22. The van der Waals surface area contributed by atoms with E-state index in [-0.39, 0.29) is 66.6 Å². The number of anilines is 7. The van der Waals surface area contributed by atoms with Crippen molar-refractivity contribution in [3.8, 4) is 11.5 Å². The minimum Gasteiger partial charge on any atom is -0.506 e. The Morgan fingerprint density at radius 1 is 0.562 bits per heavy atom. The van der Waals surface area contributed by atoms with E-state index in [4.69, 9.17) is 17.3 Å². The van der Waals surface area contributed by atoms with E-state index in [1.54, 1.807) is 36.2 Å². The van der Waals surface area contributed by atoms with Gasteiger partial charge < -0.3 is 37.0 Å². The van der Waals surface area contributed by atoms with Gasteiger partial charge in [0, 0.05) is 40.3 Å². The number of nitrogens with two attached hydrogens (primary N) is 1. The van der Waals surface area contributed by atoms with Gasteiger partial charge in [0.25, 0.3) is 40.5 Å². The molecule has 0 fully saturated rings. The van der Waals surface area contributed by atoms with Crippen LogP contribution in [0.25, 0.3) is 32.3 Å². The summed E-state index contributed by atoms with van der Waals surface area (Å²) in [7, 11) is -17.5. The predicted octanol–water partition coefficient (Wildman–Crippen LogP) is 6.16. The van der Waals surface area contributed by atoms with E-state index in [0.29, 0.717) is 16.5 Å². The molecule has 336 valence electrons. The molecule has 64 heavy (non-hydrogen) atoms. The highest BCUT2D eigenvalue weighted by Gasteiger charge is 2.25. The molecule has 0 amide bonds. The number of nitrogens with zero attached hydrogens (tertiary/aromatic N) is 1. The second-order valence-electron chi connectivity index (χ2n) is 14.0. The number of rotatable bonds is 14. The van der Waals surface area contributed by atoms with Crippen LogP contribution >= 0.6 is 11.6 Å². The molecular formula is C38H34ClN7O14S4. The summed E-state index contributed by atoms with van der Waals surface area (Å²) in [4.78, 5) is -0.735. The number of benzene rings is 7. The molecule has 0 saturated carbocycles. The van der Waals surface area contributed by atoms with E-state index in [1.165, 1.54) is 42.5 Å². The van der Waals surface area contributed by atoms with Crippen LogP contribution in [0.15, 0.2) is 117 Å². The van der Waals surface area contributed by atoms with Gasteiger partial charge in [-0.2, -0.15) is 33.7 Å². The molecule has 26 heteroatoms. The van der Waals surface area contributed by atoms with Gasteiger partial charge in [0.2, 0.25) is 0 Å². The number of hydrogen-bond acceptors (Lipinski definition) is 17. The monoisotopic (exact) mass is 975 g/mol. The molecule has 13 N–H and O–H groups in total. The molecule has 0 aromatic heterocycles. The van der Waals surface area contributed by atoms with E-state index < -0.39 is 72.3 Å². The lowest BCUT2D eigenvalue weighted by molar-refractivity contribution is 0.473. The average molecular weight is 976 g/mol. The summed E-state index contributed by atoms with van der Waals surface area (Å²) in [6.45, 7) is 0.148. The highest BCUT2D eigenvalue weighted by molar-refractivity contribution is 7.86. The molecule has 0 aliphatic rings. The van der Waals surface area contributed by atoms with Gasteiger partial charge in [-0.3, -0.25) is 29.1 Å². The van der Waals surface area contributed by atoms with E-state index in [1.807, 2.05) is 0 Å². The van der Waals surface area contributed by atoms with Crippen LogP contribution in [0.5, 0.6) is 11.5 Å². The lowest BCUT2D eigenvalue weighted by atomic mass is 10.1. The Balaban J connectivity index is 1.13. The molecule has 7 rings (SSSR count). The van der Waals surface area contributed by atoms with Gasteiger partial charge >= 0.3 is 0 Å². The molecule has 0 radical (unpaired) electrons. The van der Waals surface area contributed by atoms with Gasteiger partial charge in [-0.1, -0.05) is 35.9 Å². The van der Waals surface area contributed by atoms with E-state index in [9.17, 15) is 62.1 Å². The van der Waals surface area contributed by atoms with Crippen molar-refractivity contribution in [3.05, 3.63) is 102 Å². The van der Waals surface area contributed by atoms with Crippen molar-refractivity contribution in [2.75, 3.05) is 51.4 Å². The van der Waals surface area contributed by atoms with Crippen molar-refractivity contribution >= 4 is 124 Å². The molecule has 0 aliphatic heterocycles. The zero-order valence-corrected chi connectivity index (χ0v) is 36.5. The number of hydrogen-bond donors (Lipinski definition) is 12. The maximum atomic E-state index is 12.5. The van der Waals surface area contributed by atoms with Crippen molar-refractivity contribution in [1.82, 2.24) is 0 Å². The molecule has 0 atom stereocenters. The van der Waals surface area contributed by atoms with Crippen LogP contribution in [0.2, 0.25) is 5.02 Å². The minimum atomic E-state index is -5.15. The molecule has 7 aromatic carbocycles. The SMILES string of the molecule is CN(CNc1cc(Cl)c(NNc2ccc(NNc3c(S(=O)(=O)O)cc4cc(S(=O)(=O)O)c(N)cc4c3O)c3cc(S(=O)(=O)O)ccc23)cc1O)c1ccc2c(S(=O)(=O)O)cccc2c1. The number of nitrogens with one attached hydrogen (secondary N) is 5. The van der Waals surface area contributed by atoms with Crippen LogP contribution < -0.4 is 37.7 Å². The van der Waals surface area contributed by atoms with Crippen molar-refractivity contribution in [2.45, 2.75) is 19.6 Å². The largest absolute Gasteiger partial charge is 0.506 e. The van der Waals surface area contributed by atoms with Crippen LogP contribution in [0, 0.1) is 0 Å².